The first-order valence-corrected chi connectivity index (χ1v) is 21.9. The molecule has 2 aliphatic heterocycles. The maximum atomic E-state index is 3.94. The summed E-state index contributed by atoms with van der Waals surface area (Å²) in [5, 5.41) is 13.1. The molecule has 5 nitrogen and oxygen atoms in total. The average Bonchev–Trinajstić information content (AvgIpc) is 3.59. The monoisotopic (exact) mass is 759 g/mol. The molecule has 5 heteroatoms. The maximum absolute atomic E-state index is 3.94. The van der Waals surface area contributed by atoms with Crippen LogP contribution in [-0.4, -0.2) is 16.9 Å². The lowest BCUT2D eigenvalue weighted by molar-refractivity contribution is 0.245. The predicted molar refractivity (Wildman–Crippen MR) is 241 cm³/mol. The molecular weight excluding hydrogens is 707 g/mol. The summed E-state index contributed by atoms with van der Waals surface area (Å²) in [5.74, 6) is 0.386. The lowest BCUT2D eigenvalue weighted by Gasteiger charge is -2.41. The van der Waals surface area contributed by atoms with Gasteiger partial charge in [0.1, 0.15) is 0 Å². The molecule has 5 aliphatic carbocycles. The SMILES string of the molecule is C1=CC(C2NC(C3=CCCC(C4C=CC(N5C6=C(CCCC6)c6c(c7ccccc7n6C6=CCCC=C6)-c6ccccc65)=CC4)=C3)NC(c3ccccc3)N2)=CCC1. The number of anilines is 1. The van der Waals surface area contributed by atoms with Crippen molar-refractivity contribution in [2.24, 2.45) is 5.92 Å². The zero-order valence-corrected chi connectivity index (χ0v) is 33.3. The number of nitrogens with one attached hydrogen (secondary N) is 3. The van der Waals surface area contributed by atoms with Gasteiger partial charge in [0.2, 0.25) is 0 Å². The van der Waals surface area contributed by atoms with E-state index in [0.717, 1.165) is 57.8 Å². The van der Waals surface area contributed by atoms with Crippen molar-refractivity contribution in [1.82, 2.24) is 20.5 Å². The summed E-state index contributed by atoms with van der Waals surface area (Å²) in [6, 6.07) is 29.1. The minimum absolute atomic E-state index is 0.0472. The van der Waals surface area contributed by atoms with Crippen molar-refractivity contribution in [3.8, 4) is 11.1 Å². The molecule has 0 saturated carbocycles. The molecule has 7 aliphatic rings. The van der Waals surface area contributed by atoms with Gasteiger partial charge in [0.05, 0.1) is 35.4 Å². The first-order valence-electron chi connectivity index (χ1n) is 21.9. The standard InChI is InChI=1S/C53H53N5/c1-4-17-37(18-5-1)51-54-52(38-19-6-2-7-20-38)56-53(55-51)40-22-16-21-39(35-40)36-31-33-42(34-32-36)57-46-28-13-10-25-43(46)49-44-26-11-14-29-47(44)58(41-23-8-3-9-24-41)50(49)45-27-12-15-30-48(45)57/h1,4-6,8,10-11,13-14,17-20,22-26,28-29,31,33-36,51-56H,2-3,7,9,12,15-16,21,27,30,32H2. The van der Waals surface area contributed by atoms with E-state index in [2.05, 4.69) is 171 Å². The number of aromatic nitrogens is 1. The van der Waals surface area contributed by atoms with E-state index in [-0.39, 0.29) is 18.5 Å². The molecular formula is C53H53N5. The second kappa shape index (κ2) is 15.4. The summed E-state index contributed by atoms with van der Waals surface area (Å²) in [6.07, 6.45) is 39.0. The minimum Gasteiger partial charge on any atom is -0.314 e. The van der Waals surface area contributed by atoms with Gasteiger partial charge in [0.25, 0.3) is 0 Å². The molecule has 1 aromatic heterocycles. The number of hydrogen-bond donors (Lipinski definition) is 3. The first-order chi connectivity index (χ1) is 28.8. The fraction of sp³-hybridized carbons (Fsp3) is 0.283. The Kier molecular flexibility index (Phi) is 9.46. The number of nitrogens with zero attached hydrogens (tertiary/aromatic N) is 2. The molecule has 4 aromatic rings. The quantitative estimate of drug-likeness (QED) is 0.183. The van der Waals surface area contributed by atoms with Crippen LogP contribution < -0.4 is 20.9 Å². The van der Waals surface area contributed by atoms with Crippen LogP contribution >= 0.6 is 0 Å². The summed E-state index contributed by atoms with van der Waals surface area (Å²) < 4.78 is 2.60. The number of para-hydroxylation sites is 2. The zero-order chi connectivity index (χ0) is 38.4. The molecule has 0 bridgehead atoms. The smallest absolute Gasteiger partial charge is 0.0864 e. The van der Waals surface area contributed by atoms with Crippen molar-refractivity contribution >= 4 is 27.9 Å². The van der Waals surface area contributed by atoms with Gasteiger partial charge in [-0.1, -0.05) is 127 Å². The van der Waals surface area contributed by atoms with E-state index < -0.39 is 0 Å². The maximum Gasteiger partial charge on any atom is 0.0864 e. The van der Waals surface area contributed by atoms with Crippen molar-refractivity contribution in [3.05, 3.63) is 185 Å². The molecule has 4 unspecified atom stereocenters. The van der Waals surface area contributed by atoms with Crippen LogP contribution in [0.3, 0.4) is 0 Å². The van der Waals surface area contributed by atoms with Crippen molar-refractivity contribution in [1.29, 1.82) is 0 Å². The first kappa shape index (κ1) is 35.7. The minimum atomic E-state index is 0.0472. The number of fused-ring (bicyclic) bond motifs is 6. The van der Waals surface area contributed by atoms with Gasteiger partial charge in [-0.15, -0.1) is 0 Å². The molecule has 0 radical (unpaired) electrons. The Morgan fingerprint density at radius 3 is 2.17 bits per heavy atom. The van der Waals surface area contributed by atoms with E-state index in [1.54, 1.807) is 0 Å². The normalized spacial score (nSPS) is 25.5. The summed E-state index contributed by atoms with van der Waals surface area (Å²) in [4.78, 5) is 2.66. The van der Waals surface area contributed by atoms with Gasteiger partial charge in [0, 0.05) is 39.5 Å². The number of benzene rings is 3. The molecule has 0 amide bonds. The van der Waals surface area contributed by atoms with E-state index in [9.17, 15) is 0 Å². The van der Waals surface area contributed by atoms with E-state index >= 15 is 0 Å². The van der Waals surface area contributed by atoms with Gasteiger partial charge in [0.15, 0.2) is 0 Å². The molecule has 290 valence electrons. The summed E-state index contributed by atoms with van der Waals surface area (Å²) >= 11 is 0. The Morgan fingerprint density at radius 1 is 0.586 bits per heavy atom. The number of rotatable bonds is 6. The highest BCUT2D eigenvalue weighted by atomic mass is 15.4. The third kappa shape index (κ3) is 6.37. The van der Waals surface area contributed by atoms with Crippen LogP contribution in [0.25, 0.3) is 33.3 Å². The topological polar surface area (TPSA) is 44.3 Å². The van der Waals surface area contributed by atoms with Gasteiger partial charge in [-0.2, -0.15) is 0 Å². The molecule has 58 heavy (non-hydrogen) atoms. The second-order valence-corrected chi connectivity index (χ2v) is 16.9. The largest absolute Gasteiger partial charge is 0.314 e. The van der Waals surface area contributed by atoms with E-state index in [0.29, 0.717) is 5.92 Å². The van der Waals surface area contributed by atoms with Crippen molar-refractivity contribution in [2.75, 3.05) is 4.90 Å². The van der Waals surface area contributed by atoms with Gasteiger partial charge < -0.3 is 9.47 Å². The van der Waals surface area contributed by atoms with Crippen LogP contribution in [0.4, 0.5) is 5.69 Å². The molecule has 3 N–H and O–H groups in total. The molecule has 3 heterocycles. The third-order valence-electron chi connectivity index (χ3n) is 13.3. The highest BCUT2D eigenvalue weighted by molar-refractivity contribution is 6.09. The number of hydrogen-bond acceptors (Lipinski definition) is 4. The van der Waals surface area contributed by atoms with Crippen LogP contribution in [0.1, 0.15) is 88.1 Å². The van der Waals surface area contributed by atoms with Gasteiger partial charge in [-0.25, -0.2) is 0 Å². The highest BCUT2D eigenvalue weighted by Crippen LogP contribution is 2.53. The fourth-order valence-corrected chi connectivity index (χ4v) is 10.6. The van der Waals surface area contributed by atoms with Crippen molar-refractivity contribution in [3.63, 3.8) is 0 Å². The Hall–Kier alpha value is -5.46. The Labute approximate surface area is 343 Å². The van der Waals surface area contributed by atoms with Crippen LogP contribution in [-0.2, 0) is 0 Å². The zero-order valence-electron chi connectivity index (χ0n) is 33.3. The second-order valence-electron chi connectivity index (χ2n) is 16.9. The average molecular weight is 760 g/mol. The Bertz CT molecular complexity index is 2550. The molecule has 4 atom stereocenters. The van der Waals surface area contributed by atoms with Crippen LogP contribution in [0, 0.1) is 5.92 Å². The summed E-state index contributed by atoms with van der Waals surface area (Å²) in [7, 11) is 0. The Balaban J connectivity index is 0.926. The van der Waals surface area contributed by atoms with Crippen LogP contribution in [0.2, 0.25) is 0 Å². The molecule has 0 spiro atoms. The molecule has 3 aromatic carbocycles. The van der Waals surface area contributed by atoms with Crippen LogP contribution in [0.15, 0.2) is 174 Å². The Morgan fingerprint density at radius 2 is 1.34 bits per heavy atom. The molecule has 1 fully saturated rings. The van der Waals surface area contributed by atoms with E-state index in [4.69, 9.17) is 0 Å². The van der Waals surface area contributed by atoms with E-state index in [1.807, 2.05) is 0 Å². The van der Waals surface area contributed by atoms with Gasteiger partial charge >= 0.3 is 0 Å². The lowest BCUT2D eigenvalue weighted by atomic mass is 9.84. The van der Waals surface area contributed by atoms with Crippen molar-refractivity contribution in [2.45, 2.75) is 89.1 Å². The van der Waals surface area contributed by atoms with Gasteiger partial charge in [-0.05, 0) is 117 Å². The molecule has 11 rings (SSSR count). The van der Waals surface area contributed by atoms with E-state index in [1.165, 1.54) is 91.2 Å². The summed E-state index contributed by atoms with van der Waals surface area (Å²) in [5.41, 5.74) is 17.8. The lowest BCUT2D eigenvalue weighted by Crippen LogP contribution is -2.64. The van der Waals surface area contributed by atoms with Crippen molar-refractivity contribution < 1.29 is 0 Å². The fourth-order valence-electron chi connectivity index (χ4n) is 10.6. The summed E-state index contributed by atoms with van der Waals surface area (Å²) in [6.45, 7) is 0. The molecule has 1 saturated heterocycles. The van der Waals surface area contributed by atoms with Crippen LogP contribution in [0.5, 0.6) is 0 Å². The van der Waals surface area contributed by atoms with Gasteiger partial charge in [-0.3, -0.25) is 16.0 Å². The predicted octanol–water partition coefficient (Wildman–Crippen LogP) is 12.1. The highest BCUT2D eigenvalue weighted by Gasteiger charge is 2.36. The third-order valence-corrected chi connectivity index (χ3v) is 13.3. The number of allylic oxidation sites excluding steroid dienone is 13.